The monoisotopic (exact) mass is 365 g/mol. The SMILES string of the molecule is C[C@@H](NS(=O)(=O)c1c(Cl)cccc1Cl)c1ccc(F)c(F)c1. The van der Waals surface area contributed by atoms with Gasteiger partial charge in [0.05, 0.1) is 10.0 Å². The molecule has 0 aromatic heterocycles. The van der Waals surface area contributed by atoms with Crippen molar-refractivity contribution in [2.75, 3.05) is 0 Å². The fourth-order valence-electron chi connectivity index (χ4n) is 1.88. The first-order valence-corrected chi connectivity index (χ1v) is 8.37. The van der Waals surface area contributed by atoms with Crippen LogP contribution in [-0.2, 0) is 10.0 Å². The number of rotatable bonds is 4. The van der Waals surface area contributed by atoms with Crippen LogP contribution in [-0.4, -0.2) is 8.42 Å². The van der Waals surface area contributed by atoms with Gasteiger partial charge in [-0.05, 0) is 36.8 Å². The van der Waals surface area contributed by atoms with E-state index in [-0.39, 0.29) is 20.5 Å². The first kappa shape index (κ1) is 17.1. The zero-order chi connectivity index (χ0) is 16.5. The molecule has 22 heavy (non-hydrogen) atoms. The molecule has 0 aliphatic heterocycles. The van der Waals surface area contributed by atoms with E-state index in [1.807, 2.05) is 0 Å². The van der Waals surface area contributed by atoms with E-state index in [9.17, 15) is 17.2 Å². The van der Waals surface area contributed by atoms with Gasteiger partial charge in [0.25, 0.3) is 0 Å². The van der Waals surface area contributed by atoms with E-state index in [1.165, 1.54) is 31.2 Å². The number of hydrogen-bond acceptors (Lipinski definition) is 2. The van der Waals surface area contributed by atoms with Crippen molar-refractivity contribution in [2.45, 2.75) is 17.9 Å². The van der Waals surface area contributed by atoms with Gasteiger partial charge in [-0.3, -0.25) is 0 Å². The third kappa shape index (κ3) is 3.57. The highest BCUT2D eigenvalue weighted by Gasteiger charge is 2.24. The second kappa shape index (κ2) is 6.50. The van der Waals surface area contributed by atoms with Crippen molar-refractivity contribution >= 4 is 33.2 Å². The van der Waals surface area contributed by atoms with Crippen LogP contribution in [0.2, 0.25) is 10.0 Å². The van der Waals surface area contributed by atoms with Crippen molar-refractivity contribution < 1.29 is 17.2 Å². The third-order valence-electron chi connectivity index (χ3n) is 2.96. The van der Waals surface area contributed by atoms with Crippen LogP contribution in [0.4, 0.5) is 8.78 Å². The van der Waals surface area contributed by atoms with E-state index >= 15 is 0 Å². The van der Waals surface area contributed by atoms with Gasteiger partial charge < -0.3 is 0 Å². The Morgan fingerprint density at radius 2 is 1.64 bits per heavy atom. The van der Waals surface area contributed by atoms with Gasteiger partial charge in [-0.2, -0.15) is 0 Å². The van der Waals surface area contributed by atoms with E-state index in [4.69, 9.17) is 23.2 Å². The molecule has 2 aromatic rings. The van der Waals surface area contributed by atoms with E-state index in [0.29, 0.717) is 0 Å². The molecule has 3 nitrogen and oxygen atoms in total. The fraction of sp³-hybridized carbons (Fsp3) is 0.143. The molecule has 0 saturated heterocycles. The maximum absolute atomic E-state index is 13.2. The standard InChI is InChI=1S/C14H11Cl2F2NO2S/c1-8(9-5-6-12(17)13(18)7-9)19-22(20,21)14-10(15)3-2-4-11(14)16/h2-8,19H,1H3/t8-/m1/s1. The summed E-state index contributed by atoms with van der Waals surface area (Å²) in [6.45, 7) is 1.50. The molecule has 0 spiro atoms. The lowest BCUT2D eigenvalue weighted by atomic mass is 10.1. The lowest BCUT2D eigenvalue weighted by Gasteiger charge is -2.16. The average molecular weight is 366 g/mol. The minimum atomic E-state index is -4.02. The van der Waals surface area contributed by atoms with Crippen molar-refractivity contribution in [1.82, 2.24) is 4.72 Å². The maximum atomic E-state index is 13.2. The van der Waals surface area contributed by atoms with E-state index in [0.717, 1.165) is 12.1 Å². The Morgan fingerprint density at radius 1 is 1.05 bits per heavy atom. The third-order valence-corrected chi connectivity index (χ3v) is 5.46. The molecule has 2 aromatic carbocycles. The quantitative estimate of drug-likeness (QED) is 0.877. The van der Waals surface area contributed by atoms with Crippen LogP contribution in [0, 0.1) is 11.6 Å². The first-order chi connectivity index (χ1) is 10.2. The molecule has 0 radical (unpaired) electrons. The molecule has 1 atom stereocenters. The highest BCUT2D eigenvalue weighted by molar-refractivity contribution is 7.89. The van der Waals surface area contributed by atoms with Crippen LogP contribution in [0.5, 0.6) is 0 Å². The number of benzene rings is 2. The summed E-state index contributed by atoms with van der Waals surface area (Å²) in [6.07, 6.45) is 0. The summed E-state index contributed by atoms with van der Waals surface area (Å²) in [4.78, 5) is -0.257. The Kier molecular flexibility index (Phi) is 5.07. The van der Waals surface area contributed by atoms with Crippen LogP contribution in [0.3, 0.4) is 0 Å². The molecule has 0 amide bonds. The first-order valence-electron chi connectivity index (χ1n) is 6.13. The normalized spacial score (nSPS) is 13.1. The summed E-state index contributed by atoms with van der Waals surface area (Å²) in [6, 6.07) is 6.65. The van der Waals surface area contributed by atoms with Crippen molar-refractivity contribution in [3.8, 4) is 0 Å². The summed E-state index contributed by atoms with van der Waals surface area (Å²) < 4.78 is 53.2. The van der Waals surface area contributed by atoms with Gasteiger partial charge in [0.2, 0.25) is 10.0 Å². The highest BCUT2D eigenvalue weighted by atomic mass is 35.5. The lowest BCUT2D eigenvalue weighted by Crippen LogP contribution is -2.27. The largest absolute Gasteiger partial charge is 0.244 e. The molecule has 0 unspecified atom stereocenters. The van der Waals surface area contributed by atoms with Crippen LogP contribution in [0.1, 0.15) is 18.5 Å². The molecule has 0 aliphatic rings. The zero-order valence-corrected chi connectivity index (χ0v) is 13.6. The van der Waals surface area contributed by atoms with Crippen LogP contribution < -0.4 is 4.72 Å². The summed E-state index contributed by atoms with van der Waals surface area (Å²) in [5.41, 5.74) is 0.269. The number of sulfonamides is 1. The molecule has 0 heterocycles. The molecule has 0 bridgehead atoms. The Balaban J connectivity index is 2.34. The van der Waals surface area contributed by atoms with E-state index < -0.39 is 27.7 Å². The predicted octanol–water partition coefficient (Wildman–Crippen LogP) is 4.31. The van der Waals surface area contributed by atoms with Gasteiger partial charge in [-0.25, -0.2) is 21.9 Å². The zero-order valence-electron chi connectivity index (χ0n) is 11.3. The molecule has 118 valence electrons. The molecule has 1 N–H and O–H groups in total. The van der Waals surface area contributed by atoms with Crippen molar-refractivity contribution in [1.29, 1.82) is 0 Å². The van der Waals surface area contributed by atoms with Crippen LogP contribution >= 0.6 is 23.2 Å². The number of halogens is 4. The van der Waals surface area contributed by atoms with Crippen LogP contribution in [0.25, 0.3) is 0 Å². The highest BCUT2D eigenvalue weighted by Crippen LogP contribution is 2.30. The lowest BCUT2D eigenvalue weighted by molar-refractivity contribution is 0.504. The minimum absolute atomic E-state index is 0.0301. The van der Waals surface area contributed by atoms with Crippen LogP contribution in [0.15, 0.2) is 41.3 Å². The van der Waals surface area contributed by atoms with E-state index in [2.05, 4.69) is 4.72 Å². The molecular weight excluding hydrogens is 355 g/mol. The smallest absolute Gasteiger partial charge is 0.207 e. The van der Waals surface area contributed by atoms with Crippen molar-refractivity contribution in [2.24, 2.45) is 0 Å². The second-order valence-electron chi connectivity index (χ2n) is 4.57. The van der Waals surface area contributed by atoms with Gasteiger partial charge in [0, 0.05) is 6.04 Å². The van der Waals surface area contributed by atoms with E-state index in [1.54, 1.807) is 0 Å². The van der Waals surface area contributed by atoms with Gasteiger partial charge in [-0.15, -0.1) is 0 Å². The Bertz CT molecular complexity index is 792. The molecule has 0 aliphatic carbocycles. The molecular formula is C14H11Cl2F2NO2S. The second-order valence-corrected chi connectivity index (χ2v) is 7.03. The molecule has 8 heteroatoms. The minimum Gasteiger partial charge on any atom is -0.207 e. The van der Waals surface area contributed by atoms with Gasteiger partial charge in [-0.1, -0.05) is 35.3 Å². The summed E-state index contributed by atoms with van der Waals surface area (Å²) >= 11 is 11.8. The Labute approximate surface area is 136 Å². The van der Waals surface area contributed by atoms with Gasteiger partial charge >= 0.3 is 0 Å². The average Bonchev–Trinajstić information content (AvgIpc) is 2.40. The number of nitrogens with one attached hydrogen (secondary N) is 1. The Morgan fingerprint density at radius 3 is 2.18 bits per heavy atom. The maximum Gasteiger partial charge on any atom is 0.244 e. The van der Waals surface area contributed by atoms with Gasteiger partial charge in [0.15, 0.2) is 11.6 Å². The van der Waals surface area contributed by atoms with Crippen molar-refractivity contribution in [3.63, 3.8) is 0 Å². The van der Waals surface area contributed by atoms with Crippen molar-refractivity contribution in [3.05, 3.63) is 63.6 Å². The molecule has 2 rings (SSSR count). The summed E-state index contributed by atoms with van der Waals surface area (Å²) in [7, 11) is -4.02. The predicted molar refractivity (Wildman–Crippen MR) is 81.6 cm³/mol. The number of hydrogen-bond donors (Lipinski definition) is 1. The van der Waals surface area contributed by atoms with Gasteiger partial charge in [0.1, 0.15) is 4.90 Å². The molecule has 0 fully saturated rings. The summed E-state index contributed by atoms with van der Waals surface area (Å²) in [5, 5.41) is -0.0602. The fourth-order valence-corrected chi connectivity index (χ4v) is 4.26. The summed E-state index contributed by atoms with van der Waals surface area (Å²) in [5.74, 6) is -2.06. The topological polar surface area (TPSA) is 46.2 Å². The molecule has 0 saturated carbocycles. The Hall–Kier alpha value is -1.21.